The van der Waals surface area contributed by atoms with Crippen LogP contribution in [0.3, 0.4) is 0 Å². The van der Waals surface area contributed by atoms with Crippen molar-refractivity contribution < 1.29 is 14.7 Å². The lowest BCUT2D eigenvalue weighted by molar-refractivity contribution is -0.132. The number of fused-ring (bicyclic) bond motifs is 1. The average molecular weight is 509 g/mol. The number of aromatic nitrogens is 1. The Morgan fingerprint density at radius 3 is 2.29 bits per heavy atom. The smallest absolute Gasteiger partial charge is 0.301 e. The van der Waals surface area contributed by atoms with Gasteiger partial charge in [0.15, 0.2) is 5.13 Å². The molecule has 1 aromatic heterocycles. The largest absolute Gasteiger partial charge is 0.507 e. The molecule has 1 amide bonds. The molecular weight excluding hydrogens is 491 g/mol. The third-order valence-electron chi connectivity index (χ3n) is 5.80. The van der Waals surface area contributed by atoms with Gasteiger partial charge in [-0.2, -0.15) is 0 Å². The van der Waals surface area contributed by atoms with Gasteiger partial charge in [0.1, 0.15) is 5.76 Å². The summed E-state index contributed by atoms with van der Waals surface area (Å²) in [7, 11) is 0. The lowest BCUT2D eigenvalue weighted by Gasteiger charge is -2.23. The Hall–Kier alpha value is -3.19. The minimum Gasteiger partial charge on any atom is -0.507 e. The SMILES string of the molecule is CCc1ccc2nc(N3C(=O)C(=O)/C(=C(/O)c4ccc(Cl)cc4)[C@@H]3c3ccc(Cl)cc3)sc2c1. The predicted octanol–water partition coefficient (Wildman–Crippen LogP) is 6.79. The topological polar surface area (TPSA) is 70.5 Å². The maximum absolute atomic E-state index is 13.3. The lowest BCUT2D eigenvalue weighted by atomic mass is 9.95. The van der Waals surface area contributed by atoms with Gasteiger partial charge in [0.25, 0.3) is 5.78 Å². The fourth-order valence-electron chi connectivity index (χ4n) is 4.03. The van der Waals surface area contributed by atoms with Gasteiger partial charge in [-0.15, -0.1) is 0 Å². The molecule has 5 rings (SSSR count). The van der Waals surface area contributed by atoms with Crippen molar-refractivity contribution in [1.82, 2.24) is 4.98 Å². The van der Waals surface area contributed by atoms with Gasteiger partial charge in [-0.3, -0.25) is 14.5 Å². The highest BCUT2D eigenvalue weighted by molar-refractivity contribution is 7.22. The second kappa shape index (κ2) is 8.87. The van der Waals surface area contributed by atoms with E-state index in [0.29, 0.717) is 26.3 Å². The number of halogens is 2. The van der Waals surface area contributed by atoms with Gasteiger partial charge in [-0.25, -0.2) is 4.98 Å². The first-order valence-corrected chi connectivity index (χ1v) is 12.2. The number of rotatable bonds is 4. The second-order valence-electron chi connectivity index (χ2n) is 7.88. The van der Waals surface area contributed by atoms with Crippen molar-refractivity contribution in [3.8, 4) is 0 Å². The van der Waals surface area contributed by atoms with E-state index in [-0.39, 0.29) is 11.3 Å². The molecule has 5 nitrogen and oxygen atoms in total. The summed E-state index contributed by atoms with van der Waals surface area (Å²) >= 11 is 13.4. The minimum absolute atomic E-state index is 0.0110. The molecule has 170 valence electrons. The van der Waals surface area contributed by atoms with E-state index in [4.69, 9.17) is 23.2 Å². The van der Waals surface area contributed by atoms with Gasteiger partial charge in [0.2, 0.25) is 0 Å². The third kappa shape index (κ3) is 3.88. The minimum atomic E-state index is -0.862. The first-order chi connectivity index (χ1) is 16.4. The number of hydrogen-bond donors (Lipinski definition) is 1. The molecule has 1 aliphatic rings. The van der Waals surface area contributed by atoms with E-state index in [1.54, 1.807) is 48.5 Å². The zero-order valence-electron chi connectivity index (χ0n) is 18.0. The van der Waals surface area contributed by atoms with Crippen LogP contribution in [0.1, 0.15) is 29.7 Å². The Morgan fingerprint density at radius 2 is 1.65 bits per heavy atom. The number of aliphatic hydroxyl groups excluding tert-OH is 1. The number of anilines is 1. The number of aryl methyl sites for hydroxylation is 1. The number of carbonyl (C=O) groups excluding carboxylic acids is 2. The highest BCUT2D eigenvalue weighted by Crippen LogP contribution is 2.44. The molecule has 1 fully saturated rings. The molecule has 0 unspecified atom stereocenters. The number of aliphatic hydroxyl groups is 1. The quantitative estimate of drug-likeness (QED) is 0.187. The van der Waals surface area contributed by atoms with E-state index in [9.17, 15) is 14.7 Å². The van der Waals surface area contributed by atoms with Crippen LogP contribution in [0.25, 0.3) is 16.0 Å². The molecule has 4 aromatic rings. The molecule has 1 N–H and O–H groups in total. The average Bonchev–Trinajstić information content (AvgIpc) is 3.37. The van der Waals surface area contributed by atoms with Gasteiger partial charge in [0, 0.05) is 15.6 Å². The Morgan fingerprint density at radius 1 is 1.00 bits per heavy atom. The Kier molecular flexibility index (Phi) is 5.90. The van der Waals surface area contributed by atoms with Crippen molar-refractivity contribution in [2.24, 2.45) is 0 Å². The zero-order valence-corrected chi connectivity index (χ0v) is 20.3. The van der Waals surface area contributed by atoms with E-state index in [2.05, 4.69) is 11.9 Å². The van der Waals surface area contributed by atoms with Crippen LogP contribution in [0.15, 0.2) is 72.3 Å². The fourth-order valence-corrected chi connectivity index (χ4v) is 5.34. The van der Waals surface area contributed by atoms with Crippen molar-refractivity contribution in [3.63, 3.8) is 0 Å². The first kappa shape index (κ1) is 22.6. The van der Waals surface area contributed by atoms with Crippen LogP contribution in [0, 0.1) is 0 Å². The van der Waals surface area contributed by atoms with Gasteiger partial charge >= 0.3 is 5.91 Å². The molecule has 34 heavy (non-hydrogen) atoms. The lowest BCUT2D eigenvalue weighted by Crippen LogP contribution is -2.29. The normalized spacial score (nSPS) is 17.6. The number of benzene rings is 3. The number of ketones is 1. The van der Waals surface area contributed by atoms with E-state index < -0.39 is 17.7 Å². The number of thiazole rings is 1. The van der Waals surface area contributed by atoms with Crippen LogP contribution in [0.2, 0.25) is 10.0 Å². The molecule has 1 atom stereocenters. The number of amides is 1. The van der Waals surface area contributed by atoms with Crippen LogP contribution in [-0.4, -0.2) is 21.8 Å². The van der Waals surface area contributed by atoms with Gasteiger partial charge in [0.05, 0.1) is 21.8 Å². The summed E-state index contributed by atoms with van der Waals surface area (Å²) in [6.45, 7) is 2.07. The molecule has 0 aliphatic carbocycles. The maximum Gasteiger partial charge on any atom is 0.301 e. The van der Waals surface area contributed by atoms with Crippen molar-refractivity contribution in [3.05, 3.63) is 99.0 Å². The van der Waals surface area contributed by atoms with E-state index in [1.165, 1.54) is 16.2 Å². The predicted molar refractivity (Wildman–Crippen MR) is 137 cm³/mol. The molecule has 2 heterocycles. The van der Waals surface area contributed by atoms with Crippen molar-refractivity contribution in [2.75, 3.05) is 4.90 Å². The Bertz CT molecular complexity index is 1460. The summed E-state index contributed by atoms with van der Waals surface area (Å²) in [4.78, 5) is 32.6. The third-order valence-corrected chi connectivity index (χ3v) is 7.33. The Balaban J connectivity index is 1.71. The van der Waals surface area contributed by atoms with Gasteiger partial charge < -0.3 is 5.11 Å². The summed E-state index contributed by atoms with van der Waals surface area (Å²) in [6.07, 6.45) is 0.875. The summed E-state index contributed by atoms with van der Waals surface area (Å²) in [5.74, 6) is -1.79. The van der Waals surface area contributed by atoms with Crippen LogP contribution in [-0.2, 0) is 16.0 Å². The van der Waals surface area contributed by atoms with Crippen LogP contribution < -0.4 is 4.90 Å². The van der Waals surface area contributed by atoms with Crippen molar-refractivity contribution in [1.29, 1.82) is 0 Å². The van der Waals surface area contributed by atoms with Gasteiger partial charge in [-0.1, -0.05) is 59.7 Å². The van der Waals surface area contributed by atoms with Crippen LogP contribution >= 0.6 is 34.5 Å². The maximum atomic E-state index is 13.3. The highest BCUT2D eigenvalue weighted by Gasteiger charge is 2.48. The standard InChI is InChI=1S/C26H18Cl2N2O3S/c1-2-14-3-12-19-20(13-14)34-26(29-19)30-22(15-4-8-17(27)9-5-15)21(24(32)25(30)33)23(31)16-6-10-18(28)11-7-16/h3-13,22,31H,2H2,1H3/b23-21+/t22-/m0/s1. The van der Waals surface area contributed by atoms with E-state index in [1.807, 2.05) is 18.2 Å². The highest BCUT2D eigenvalue weighted by atomic mass is 35.5. The summed E-state index contributed by atoms with van der Waals surface area (Å²) in [5, 5.41) is 12.6. The first-order valence-electron chi connectivity index (χ1n) is 10.6. The molecule has 0 bridgehead atoms. The molecule has 1 saturated heterocycles. The zero-order chi connectivity index (χ0) is 24.0. The number of carbonyl (C=O) groups is 2. The number of Topliss-reactive ketones (excluding diaryl/α,β-unsaturated/α-hetero) is 1. The number of nitrogens with zero attached hydrogens (tertiary/aromatic N) is 2. The van der Waals surface area contributed by atoms with Crippen LogP contribution in [0.4, 0.5) is 5.13 Å². The fraction of sp³-hybridized carbons (Fsp3) is 0.115. The van der Waals surface area contributed by atoms with Crippen LogP contribution in [0.5, 0.6) is 0 Å². The monoisotopic (exact) mass is 508 g/mol. The number of hydrogen-bond acceptors (Lipinski definition) is 5. The summed E-state index contributed by atoms with van der Waals surface area (Å²) in [6, 6.07) is 18.4. The van der Waals surface area contributed by atoms with E-state index in [0.717, 1.165) is 22.2 Å². The second-order valence-corrected chi connectivity index (χ2v) is 9.76. The van der Waals surface area contributed by atoms with Crippen molar-refractivity contribution >= 4 is 67.3 Å². The molecule has 3 aromatic carbocycles. The van der Waals surface area contributed by atoms with Gasteiger partial charge in [-0.05, 0) is 66.1 Å². The molecule has 8 heteroatoms. The summed E-state index contributed by atoms with van der Waals surface area (Å²) in [5.41, 5.74) is 2.91. The molecule has 0 radical (unpaired) electrons. The van der Waals surface area contributed by atoms with Crippen molar-refractivity contribution in [2.45, 2.75) is 19.4 Å². The summed E-state index contributed by atoms with van der Waals surface area (Å²) < 4.78 is 0.920. The molecule has 1 aliphatic heterocycles. The molecule has 0 spiro atoms. The molecule has 0 saturated carbocycles. The van der Waals surface area contributed by atoms with E-state index >= 15 is 0 Å². The molecular formula is C26H18Cl2N2O3S. The Labute approximate surface area is 209 Å².